The predicted octanol–water partition coefficient (Wildman–Crippen LogP) is 0.457. The molecule has 0 radical (unpaired) electrons. The fourth-order valence-electron chi connectivity index (χ4n) is 2.29. The van der Waals surface area contributed by atoms with Gasteiger partial charge in [-0.05, 0) is 26.9 Å². The maximum Gasteiger partial charge on any atom is 0.227 e. The summed E-state index contributed by atoms with van der Waals surface area (Å²) < 4.78 is 5.39. The first kappa shape index (κ1) is 16.4. The predicted molar refractivity (Wildman–Crippen MR) is 77.2 cm³/mol. The van der Waals surface area contributed by atoms with Crippen LogP contribution < -0.4 is 10.6 Å². The third-order valence-corrected chi connectivity index (χ3v) is 3.99. The highest BCUT2D eigenvalue weighted by molar-refractivity contribution is 5.79. The number of hydrogen-bond acceptors (Lipinski definition) is 4. The lowest BCUT2D eigenvalue weighted by molar-refractivity contribution is -0.125. The molecule has 0 bridgehead atoms. The van der Waals surface area contributed by atoms with Crippen LogP contribution in [0.25, 0.3) is 0 Å². The zero-order valence-corrected chi connectivity index (χ0v) is 12.7. The molecule has 1 aliphatic heterocycles. The fourth-order valence-corrected chi connectivity index (χ4v) is 2.29. The van der Waals surface area contributed by atoms with E-state index in [9.17, 15) is 4.79 Å². The van der Waals surface area contributed by atoms with Crippen molar-refractivity contribution in [3.05, 3.63) is 0 Å². The highest BCUT2D eigenvalue weighted by Crippen LogP contribution is 2.13. The zero-order chi connectivity index (χ0) is 14.3. The lowest BCUT2D eigenvalue weighted by Gasteiger charge is -2.24. The van der Waals surface area contributed by atoms with Gasteiger partial charge in [-0.1, -0.05) is 13.8 Å². The van der Waals surface area contributed by atoms with Crippen molar-refractivity contribution >= 4 is 5.91 Å². The largest absolute Gasteiger partial charge is 0.379 e. The van der Waals surface area contributed by atoms with Gasteiger partial charge in [-0.2, -0.15) is 0 Å². The van der Waals surface area contributed by atoms with Gasteiger partial charge in [0, 0.05) is 25.2 Å². The zero-order valence-electron chi connectivity index (χ0n) is 12.7. The Morgan fingerprint density at radius 1 is 1.42 bits per heavy atom. The van der Waals surface area contributed by atoms with Gasteiger partial charge in [-0.3, -0.25) is 4.79 Å². The Morgan fingerprint density at radius 3 is 2.79 bits per heavy atom. The Morgan fingerprint density at radius 2 is 2.16 bits per heavy atom. The Balaban J connectivity index is 2.27. The molecule has 19 heavy (non-hydrogen) atoms. The maximum atomic E-state index is 12.1. The summed E-state index contributed by atoms with van der Waals surface area (Å²) in [5, 5.41) is 6.33. The maximum absolute atomic E-state index is 12.1. The van der Waals surface area contributed by atoms with Gasteiger partial charge >= 0.3 is 0 Å². The van der Waals surface area contributed by atoms with Crippen LogP contribution in [-0.2, 0) is 9.53 Å². The Kier molecular flexibility index (Phi) is 7.34. The summed E-state index contributed by atoms with van der Waals surface area (Å²) in [6.07, 6.45) is 1.13. The van der Waals surface area contributed by atoms with Gasteiger partial charge in [-0.25, -0.2) is 0 Å². The van der Waals surface area contributed by atoms with Gasteiger partial charge in [0.2, 0.25) is 5.91 Å². The van der Waals surface area contributed by atoms with E-state index in [1.807, 2.05) is 6.92 Å². The van der Waals surface area contributed by atoms with Crippen LogP contribution in [0.4, 0.5) is 0 Å². The highest BCUT2D eigenvalue weighted by atomic mass is 16.5. The van der Waals surface area contributed by atoms with Crippen LogP contribution >= 0.6 is 0 Å². The molecule has 2 N–H and O–H groups in total. The summed E-state index contributed by atoms with van der Waals surface area (Å²) in [4.78, 5) is 14.4. The second kappa shape index (κ2) is 8.51. The van der Waals surface area contributed by atoms with Crippen LogP contribution in [0.5, 0.6) is 0 Å². The lowest BCUT2D eigenvalue weighted by atomic mass is 10.0. The molecular formula is C14H29N3O2. The molecule has 1 aliphatic rings. The molecule has 0 aliphatic carbocycles. The molecule has 0 aromatic carbocycles. The Labute approximate surface area is 117 Å². The SMILES string of the molecule is CCNC1COCC1C(=O)NCCN(C)C(C)CC. The van der Waals surface area contributed by atoms with E-state index in [0.29, 0.717) is 25.8 Å². The van der Waals surface area contributed by atoms with Crippen LogP contribution in [-0.4, -0.2) is 62.8 Å². The van der Waals surface area contributed by atoms with E-state index >= 15 is 0 Å². The molecule has 5 heteroatoms. The normalized spacial score (nSPS) is 24.7. The first-order chi connectivity index (χ1) is 9.10. The van der Waals surface area contributed by atoms with Crippen molar-refractivity contribution in [1.82, 2.24) is 15.5 Å². The van der Waals surface area contributed by atoms with Gasteiger partial charge in [0.05, 0.1) is 19.1 Å². The highest BCUT2D eigenvalue weighted by Gasteiger charge is 2.33. The number of carbonyl (C=O) groups is 1. The Hall–Kier alpha value is -0.650. The molecule has 3 atom stereocenters. The van der Waals surface area contributed by atoms with E-state index in [4.69, 9.17) is 4.74 Å². The number of hydrogen-bond donors (Lipinski definition) is 2. The average molecular weight is 271 g/mol. The van der Waals surface area contributed by atoms with Crippen molar-refractivity contribution in [1.29, 1.82) is 0 Å². The number of carbonyl (C=O) groups excluding carboxylic acids is 1. The fraction of sp³-hybridized carbons (Fsp3) is 0.929. The number of likely N-dealkylation sites (N-methyl/N-ethyl adjacent to an activating group) is 2. The van der Waals surface area contributed by atoms with Crippen LogP contribution in [0.1, 0.15) is 27.2 Å². The summed E-state index contributed by atoms with van der Waals surface area (Å²) in [7, 11) is 2.10. The van der Waals surface area contributed by atoms with Gasteiger partial charge in [0.1, 0.15) is 0 Å². The molecule has 0 aromatic heterocycles. The van der Waals surface area contributed by atoms with Crippen molar-refractivity contribution in [3.63, 3.8) is 0 Å². The number of ether oxygens (including phenoxy) is 1. The molecule has 0 saturated carbocycles. The first-order valence-electron chi connectivity index (χ1n) is 7.39. The van der Waals surface area contributed by atoms with E-state index in [0.717, 1.165) is 19.5 Å². The molecule has 1 rings (SSSR count). The van der Waals surface area contributed by atoms with Crippen LogP contribution in [0.3, 0.4) is 0 Å². The summed E-state index contributed by atoms with van der Waals surface area (Å²) in [6, 6.07) is 0.721. The average Bonchev–Trinajstić information content (AvgIpc) is 2.86. The molecule has 0 spiro atoms. The topological polar surface area (TPSA) is 53.6 Å². The summed E-state index contributed by atoms with van der Waals surface area (Å²) >= 11 is 0. The summed E-state index contributed by atoms with van der Waals surface area (Å²) in [6.45, 7) is 10.1. The van der Waals surface area contributed by atoms with Crippen molar-refractivity contribution in [2.75, 3.05) is 39.9 Å². The third-order valence-electron chi connectivity index (χ3n) is 3.99. The third kappa shape index (κ3) is 5.09. The van der Waals surface area contributed by atoms with Crippen molar-refractivity contribution in [2.24, 2.45) is 5.92 Å². The molecular weight excluding hydrogens is 242 g/mol. The van der Waals surface area contributed by atoms with Crippen LogP contribution in [0, 0.1) is 5.92 Å². The second-order valence-electron chi connectivity index (χ2n) is 5.34. The van der Waals surface area contributed by atoms with Gasteiger partial charge in [0.15, 0.2) is 0 Å². The van der Waals surface area contributed by atoms with Crippen molar-refractivity contribution < 1.29 is 9.53 Å². The summed E-state index contributed by atoms with van der Waals surface area (Å²) in [5.74, 6) is 0.0647. The van der Waals surface area contributed by atoms with Crippen molar-refractivity contribution in [2.45, 2.75) is 39.3 Å². The number of nitrogens with one attached hydrogen (secondary N) is 2. The van der Waals surface area contributed by atoms with E-state index in [1.165, 1.54) is 0 Å². The van der Waals surface area contributed by atoms with E-state index < -0.39 is 0 Å². The number of nitrogens with zero attached hydrogens (tertiary/aromatic N) is 1. The number of amides is 1. The Bertz CT molecular complexity index is 273. The smallest absolute Gasteiger partial charge is 0.227 e. The molecule has 5 nitrogen and oxygen atoms in total. The quantitative estimate of drug-likeness (QED) is 0.673. The molecule has 1 heterocycles. The minimum atomic E-state index is -0.0474. The monoisotopic (exact) mass is 271 g/mol. The van der Waals surface area contributed by atoms with E-state index in [-0.39, 0.29) is 17.9 Å². The van der Waals surface area contributed by atoms with Crippen molar-refractivity contribution in [3.8, 4) is 0 Å². The van der Waals surface area contributed by atoms with Gasteiger partial charge in [0.25, 0.3) is 0 Å². The van der Waals surface area contributed by atoms with Crippen LogP contribution in [0.15, 0.2) is 0 Å². The summed E-state index contributed by atoms with van der Waals surface area (Å²) in [5.41, 5.74) is 0. The lowest BCUT2D eigenvalue weighted by Crippen LogP contribution is -2.45. The molecule has 1 amide bonds. The molecule has 3 unspecified atom stereocenters. The molecule has 1 fully saturated rings. The molecule has 112 valence electrons. The van der Waals surface area contributed by atoms with Gasteiger partial charge in [-0.15, -0.1) is 0 Å². The molecule has 1 saturated heterocycles. The minimum Gasteiger partial charge on any atom is -0.379 e. The van der Waals surface area contributed by atoms with Crippen LogP contribution in [0.2, 0.25) is 0 Å². The molecule has 0 aromatic rings. The second-order valence-corrected chi connectivity index (χ2v) is 5.34. The minimum absolute atomic E-state index is 0.0474. The van der Waals surface area contributed by atoms with E-state index in [1.54, 1.807) is 0 Å². The van der Waals surface area contributed by atoms with Gasteiger partial charge < -0.3 is 20.3 Å². The standard InChI is InChI=1S/C14H29N3O2/c1-5-11(3)17(4)8-7-16-14(18)12-9-19-10-13(12)15-6-2/h11-13,15H,5-10H2,1-4H3,(H,16,18). The first-order valence-corrected chi connectivity index (χ1v) is 7.39. The number of rotatable bonds is 8. The van der Waals surface area contributed by atoms with E-state index in [2.05, 4.69) is 36.4 Å².